The first-order chi connectivity index (χ1) is 13.2. The van der Waals surface area contributed by atoms with Crippen LogP contribution in [0.5, 0.6) is 5.75 Å². The fourth-order valence-electron chi connectivity index (χ4n) is 4.39. The molecule has 1 unspecified atom stereocenters. The summed E-state index contributed by atoms with van der Waals surface area (Å²) in [6.45, 7) is 3.34. The summed E-state index contributed by atoms with van der Waals surface area (Å²) < 4.78 is 5.22. The van der Waals surface area contributed by atoms with E-state index in [4.69, 9.17) is 11.2 Å². The van der Waals surface area contributed by atoms with Crippen molar-refractivity contribution in [3.05, 3.63) is 29.8 Å². The molecule has 0 radical (unpaired) electrons. The highest BCUT2D eigenvalue weighted by molar-refractivity contribution is 5.82. The predicted octanol–water partition coefficient (Wildman–Crippen LogP) is 3.35. The number of nitrogens with zero attached hydrogens (tertiary/aromatic N) is 2. The molecule has 4 heteroatoms. The summed E-state index contributed by atoms with van der Waals surface area (Å²) in [5.74, 6) is 4.64. The van der Waals surface area contributed by atoms with Gasteiger partial charge in [-0.25, -0.2) is 0 Å². The van der Waals surface area contributed by atoms with Crippen LogP contribution >= 0.6 is 0 Å². The molecule has 146 valence electrons. The van der Waals surface area contributed by atoms with Crippen LogP contribution in [0.1, 0.15) is 44.1 Å². The van der Waals surface area contributed by atoms with Crippen molar-refractivity contribution < 1.29 is 9.53 Å². The lowest BCUT2D eigenvalue weighted by Gasteiger charge is -2.39. The van der Waals surface area contributed by atoms with Crippen molar-refractivity contribution in [3.63, 3.8) is 0 Å². The van der Waals surface area contributed by atoms with Crippen molar-refractivity contribution in [2.75, 3.05) is 33.3 Å². The zero-order valence-corrected chi connectivity index (χ0v) is 16.5. The van der Waals surface area contributed by atoms with Crippen LogP contribution < -0.4 is 4.74 Å². The summed E-state index contributed by atoms with van der Waals surface area (Å²) in [4.78, 5) is 17.3. The SMILES string of the molecule is C#CCN1CCCCC1C(=O)N1CCC(CCc2ccc(OC)cc2)CC1. The Hall–Kier alpha value is -1.99. The number of carbonyl (C=O) groups is 1. The summed E-state index contributed by atoms with van der Waals surface area (Å²) in [5, 5.41) is 0. The molecule has 3 rings (SSSR count). The van der Waals surface area contributed by atoms with Crippen LogP contribution in [0.4, 0.5) is 0 Å². The van der Waals surface area contributed by atoms with Crippen LogP contribution in [0.15, 0.2) is 24.3 Å². The van der Waals surface area contributed by atoms with Gasteiger partial charge in [0, 0.05) is 13.1 Å². The minimum Gasteiger partial charge on any atom is -0.497 e. The third kappa shape index (κ3) is 5.26. The van der Waals surface area contributed by atoms with Crippen LogP contribution in [-0.4, -0.2) is 55.0 Å². The number of ether oxygens (including phenoxy) is 1. The molecule has 0 N–H and O–H groups in total. The lowest BCUT2D eigenvalue weighted by atomic mass is 9.90. The summed E-state index contributed by atoms with van der Waals surface area (Å²) in [6.07, 6.45) is 13.3. The van der Waals surface area contributed by atoms with Crippen molar-refractivity contribution in [2.24, 2.45) is 5.92 Å². The highest BCUT2D eigenvalue weighted by Crippen LogP contribution is 2.26. The van der Waals surface area contributed by atoms with E-state index in [2.05, 4.69) is 27.9 Å². The van der Waals surface area contributed by atoms with Gasteiger partial charge in [-0.3, -0.25) is 9.69 Å². The van der Waals surface area contributed by atoms with E-state index in [1.54, 1.807) is 7.11 Å². The van der Waals surface area contributed by atoms with Gasteiger partial charge >= 0.3 is 0 Å². The molecule has 0 saturated carbocycles. The van der Waals surface area contributed by atoms with Crippen molar-refractivity contribution >= 4 is 5.91 Å². The van der Waals surface area contributed by atoms with Gasteiger partial charge in [0.2, 0.25) is 5.91 Å². The Balaban J connectivity index is 1.45. The molecule has 1 aromatic carbocycles. The minimum atomic E-state index is 0.00523. The smallest absolute Gasteiger partial charge is 0.239 e. The molecule has 1 atom stereocenters. The van der Waals surface area contributed by atoms with Gasteiger partial charge in [-0.2, -0.15) is 0 Å². The summed E-state index contributed by atoms with van der Waals surface area (Å²) >= 11 is 0. The van der Waals surface area contributed by atoms with Crippen molar-refractivity contribution in [1.29, 1.82) is 0 Å². The predicted molar refractivity (Wildman–Crippen MR) is 109 cm³/mol. The van der Waals surface area contributed by atoms with E-state index in [-0.39, 0.29) is 6.04 Å². The molecule has 0 bridgehead atoms. The Kier molecular flexibility index (Phi) is 7.18. The van der Waals surface area contributed by atoms with E-state index < -0.39 is 0 Å². The molecule has 2 aliphatic rings. The monoisotopic (exact) mass is 368 g/mol. The Bertz CT molecular complexity index is 641. The maximum atomic E-state index is 13.0. The van der Waals surface area contributed by atoms with E-state index in [9.17, 15) is 4.79 Å². The molecule has 2 saturated heterocycles. The van der Waals surface area contributed by atoms with Crippen LogP contribution in [-0.2, 0) is 11.2 Å². The van der Waals surface area contributed by atoms with Crippen molar-refractivity contribution in [2.45, 2.75) is 51.0 Å². The summed E-state index contributed by atoms with van der Waals surface area (Å²) in [5.41, 5.74) is 1.36. The third-order valence-electron chi connectivity index (χ3n) is 6.12. The zero-order valence-electron chi connectivity index (χ0n) is 16.5. The molecule has 4 nitrogen and oxygen atoms in total. The molecule has 0 aromatic heterocycles. The standard InChI is InChI=1S/C23H32N2O2/c1-3-15-24-16-5-4-6-22(24)23(26)25-17-13-20(14-18-25)8-7-19-9-11-21(27-2)12-10-19/h1,9-12,20,22H,4-8,13-18H2,2H3. The van der Waals surface area contributed by atoms with Crippen LogP contribution in [0.3, 0.4) is 0 Å². The number of terminal acetylenes is 1. The molecule has 2 aliphatic heterocycles. The lowest BCUT2D eigenvalue weighted by Crippen LogP contribution is -2.52. The van der Waals surface area contributed by atoms with E-state index >= 15 is 0 Å². The van der Waals surface area contributed by atoms with E-state index in [1.165, 1.54) is 12.0 Å². The van der Waals surface area contributed by atoms with Gasteiger partial charge in [0.15, 0.2) is 0 Å². The van der Waals surface area contributed by atoms with E-state index in [0.717, 1.165) is 63.9 Å². The topological polar surface area (TPSA) is 32.8 Å². The normalized spacial score (nSPS) is 21.6. The molecule has 27 heavy (non-hydrogen) atoms. The molecular formula is C23H32N2O2. The average molecular weight is 369 g/mol. The fourth-order valence-corrected chi connectivity index (χ4v) is 4.39. The van der Waals surface area contributed by atoms with Gasteiger partial charge in [-0.15, -0.1) is 6.42 Å². The first kappa shape index (κ1) is 19.8. The second-order valence-corrected chi connectivity index (χ2v) is 7.84. The van der Waals surface area contributed by atoms with Crippen LogP contribution in [0, 0.1) is 18.3 Å². The summed E-state index contributed by atoms with van der Waals surface area (Å²) in [7, 11) is 1.70. The van der Waals surface area contributed by atoms with Gasteiger partial charge in [0.1, 0.15) is 5.75 Å². The fraction of sp³-hybridized carbons (Fsp3) is 0.609. The molecule has 1 aromatic rings. The first-order valence-corrected chi connectivity index (χ1v) is 10.3. The molecule has 1 amide bonds. The molecule has 0 spiro atoms. The number of hydrogen-bond donors (Lipinski definition) is 0. The zero-order chi connectivity index (χ0) is 19.1. The van der Waals surface area contributed by atoms with Crippen LogP contribution in [0.2, 0.25) is 0 Å². The number of benzene rings is 1. The second kappa shape index (κ2) is 9.80. The number of amides is 1. The second-order valence-electron chi connectivity index (χ2n) is 7.84. The van der Waals surface area contributed by atoms with Gasteiger partial charge < -0.3 is 9.64 Å². The van der Waals surface area contributed by atoms with Crippen molar-refractivity contribution in [1.82, 2.24) is 9.80 Å². The number of piperidine rings is 2. The van der Waals surface area contributed by atoms with Gasteiger partial charge in [0.05, 0.1) is 19.7 Å². The molecule has 0 aliphatic carbocycles. The van der Waals surface area contributed by atoms with Gasteiger partial charge in [0.25, 0.3) is 0 Å². The molecule has 2 heterocycles. The lowest BCUT2D eigenvalue weighted by molar-refractivity contribution is -0.139. The Labute approximate surface area is 163 Å². The molecule has 2 fully saturated rings. The average Bonchev–Trinajstić information content (AvgIpc) is 2.73. The number of likely N-dealkylation sites (tertiary alicyclic amines) is 2. The van der Waals surface area contributed by atoms with Crippen molar-refractivity contribution in [3.8, 4) is 18.1 Å². The van der Waals surface area contributed by atoms with E-state index in [0.29, 0.717) is 18.4 Å². The Morgan fingerprint density at radius 1 is 1.15 bits per heavy atom. The Morgan fingerprint density at radius 3 is 2.56 bits per heavy atom. The summed E-state index contributed by atoms with van der Waals surface area (Å²) in [6, 6.07) is 8.37. The minimum absolute atomic E-state index is 0.00523. The highest BCUT2D eigenvalue weighted by atomic mass is 16.5. The number of rotatable bonds is 6. The molecular weight excluding hydrogens is 336 g/mol. The number of methoxy groups -OCH3 is 1. The van der Waals surface area contributed by atoms with Gasteiger partial charge in [-0.1, -0.05) is 24.5 Å². The van der Waals surface area contributed by atoms with E-state index in [1.807, 2.05) is 12.1 Å². The third-order valence-corrected chi connectivity index (χ3v) is 6.12. The maximum absolute atomic E-state index is 13.0. The van der Waals surface area contributed by atoms with Gasteiger partial charge in [-0.05, 0) is 68.7 Å². The largest absolute Gasteiger partial charge is 0.497 e. The number of hydrogen-bond acceptors (Lipinski definition) is 3. The highest BCUT2D eigenvalue weighted by Gasteiger charge is 2.33. The Morgan fingerprint density at radius 2 is 1.89 bits per heavy atom. The van der Waals surface area contributed by atoms with Crippen LogP contribution in [0.25, 0.3) is 0 Å². The first-order valence-electron chi connectivity index (χ1n) is 10.3. The quantitative estimate of drug-likeness (QED) is 0.722. The number of aryl methyl sites for hydroxylation is 1. The maximum Gasteiger partial charge on any atom is 0.239 e. The number of carbonyl (C=O) groups excluding carboxylic acids is 1.